The summed E-state index contributed by atoms with van der Waals surface area (Å²) >= 11 is 0. The van der Waals surface area contributed by atoms with Crippen molar-refractivity contribution in [3.05, 3.63) is 48.0 Å². The number of likely N-dealkylation sites (tertiary alicyclic amines) is 1. The van der Waals surface area contributed by atoms with Crippen LogP contribution >= 0.6 is 0 Å². The second-order valence-corrected chi connectivity index (χ2v) is 7.50. The fraction of sp³-hybridized carbons (Fsp3) is 0.429. The molecule has 0 aliphatic carbocycles. The van der Waals surface area contributed by atoms with Gasteiger partial charge in [-0.1, -0.05) is 6.07 Å². The van der Waals surface area contributed by atoms with Gasteiger partial charge in [0.1, 0.15) is 6.33 Å². The summed E-state index contributed by atoms with van der Waals surface area (Å²) in [6.07, 6.45) is 6.74. The maximum absolute atomic E-state index is 12.8. The number of nitrogens with one attached hydrogen (secondary N) is 1. The van der Waals surface area contributed by atoms with E-state index < -0.39 is 0 Å². The Balaban J connectivity index is 1.45. The largest absolute Gasteiger partial charge is 0.324 e. The number of benzene rings is 1. The highest BCUT2D eigenvalue weighted by atomic mass is 16.2. The zero-order valence-corrected chi connectivity index (χ0v) is 16.1. The van der Waals surface area contributed by atoms with Crippen LogP contribution in [0.15, 0.2) is 36.8 Å². The van der Waals surface area contributed by atoms with Crippen LogP contribution in [0.4, 0.5) is 16.2 Å². The van der Waals surface area contributed by atoms with Crippen molar-refractivity contribution in [1.82, 2.24) is 14.9 Å². The van der Waals surface area contributed by atoms with E-state index >= 15 is 0 Å². The Hall–Kier alpha value is -2.96. The van der Waals surface area contributed by atoms with Gasteiger partial charge < -0.3 is 15.1 Å². The van der Waals surface area contributed by atoms with E-state index in [1.807, 2.05) is 41.0 Å². The fourth-order valence-corrected chi connectivity index (χ4v) is 4.03. The molecule has 1 atom stereocenters. The molecule has 2 aliphatic heterocycles. The lowest BCUT2D eigenvalue weighted by atomic mass is 9.95. The number of amides is 3. The number of urea groups is 1. The predicted molar refractivity (Wildman–Crippen MR) is 107 cm³/mol. The molecule has 2 aromatic rings. The molecule has 0 radical (unpaired) electrons. The van der Waals surface area contributed by atoms with Gasteiger partial charge in [-0.3, -0.25) is 4.79 Å². The fourth-order valence-electron chi connectivity index (χ4n) is 4.03. The van der Waals surface area contributed by atoms with Crippen LogP contribution in [0, 0.1) is 6.92 Å². The number of anilines is 2. The molecule has 7 nitrogen and oxygen atoms in total. The number of carbonyl (C=O) groups is 2. The number of hydrogen-bond donors (Lipinski definition) is 1. The van der Waals surface area contributed by atoms with Gasteiger partial charge in [0.2, 0.25) is 5.91 Å². The van der Waals surface area contributed by atoms with Gasteiger partial charge in [-0.05, 0) is 49.9 Å². The van der Waals surface area contributed by atoms with Crippen molar-refractivity contribution in [3.8, 4) is 0 Å². The predicted octanol–water partition coefficient (Wildman–Crippen LogP) is 3.32. The van der Waals surface area contributed by atoms with Crippen molar-refractivity contribution in [2.75, 3.05) is 29.9 Å². The average Bonchev–Trinajstić information content (AvgIpc) is 3.16. The maximum atomic E-state index is 12.8. The van der Waals surface area contributed by atoms with Gasteiger partial charge >= 0.3 is 6.03 Å². The summed E-state index contributed by atoms with van der Waals surface area (Å²) in [4.78, 5) is 36.9. The molecule has 0 saturated carbocycles. The molecule has 4 rings (SSSR count). The molecule has 2 saturated heterocycles. The van der Waals surface area contributed by atoms with E-state index in [0.29, 0.717) is 13.0 Å². The third-order valence-corrected chi connectivity index (χ3v) is 5.56. The van der Waals surface area contributed by atoms with Gasteiger partial charge in [-0.25, -0.2) is 14.8 Å². The van der Waals surface area contributed by atoms with E-state index in [1.165, 1.54) is 0 Å². The van der Waals surface area contributed by atoms with Crippen LogP contribution in [0.1, 0.15) is 42.9 Å². The molecule has 2 aliphatic rings. The first-order valence-electron chi connectivity index (χ1n) is 9.84. The molecule has 3 amide bonds. The summed E-state index contributed by atoms with van der Waals surface area (Å²) in [5, 5.41) is 3.01. The van der Waals surface area contributed by atoms with Crippen LogP contribution in [-0.2, 0) is 4.79 Å². The molecule has 1 aromatic carbocycles. The van der Waals surface area contributed by atoms with E-state index in [4.69, 9.17) is 0 Å². The van der Waals surface area contributed by atoms with E-state index in [9.17, 15) is 9.59 Å². The Bertz CT molecular complexity index is 870. The topological polar surface area (TPSA) is 78.4 Å². The summed E-state index contributed by atoms with van der Waals surface area (Å²) in [7, 11) is 0. The average molecular weight is 379 g/mol. The molecular formula is C21H25N5O2. The Kier molecular flexibility index (Phi) is 5.23. The van der Waals surface area contributed by atoms with Gasteiger partial charge in [-0.2, -0.15) is 0 Å². The summed E-state index contributed by atoms with van der Waals surface area (Å²) in [6, 6.07) is 7.56. The number of hydrogen-bond acceptors (Lipinski definition) is 4. The van der Waals surface area contributed by atoms with Crippen molar-refractivity contribution in [1.29, 1.82) is 0 Å². The standard InChI is InChI=1S/C21H25N5O2/c1-15-6-7-17(12-19(15)26-11-3-5-20(26)27)24-21(28)25-10-2-4-16(13-25)18-8-9-22-14-23-18/h6-9,12,14,16H,2-5,10-11,13H2,1H3,(H,24,28)/t16-/m1/s1. The van der Waals surface area contributed by atoms with Crippen LogP contribution in [0.5, 0.6) is 0 Å². The second-order valence-electron chi connectivity index (χ2n) is 7.50. The number of rotatable bonds is 3. The minimum absolute atomic E-state index is 0.110. The van der Waals surface area contributed by atoms with Crippen LogP contribution in [-0.4, -0.2) is 46.4 Å². The number of nitrogens with zero attached hydrogens (tertiary/aromatic N) is 4. The van der Waals surface area contributed by atoms with Crippen LogP contribution < -0.4 is 10.2 Å². The Morgan fingerprint density at radius 3 is 2.86 bits per heavy atom. The van der Waals surface area contributed by atoms with Gasteiger partial charge in [0.05, 0.1) is 0 Å². The SMILES string of the molecule is Cc1ccc(NC(=O)N2CCC[C@@H](c3ccncn3)C2)cc1N1CCCC1=O. The van der Waals surface area contributed by atoms with E-state index in [-0.39, 0.29) is 17.9 Å². The maximum Gasteiger partial charge on any atom is 0.321 e. The van der Waals surface area contributed by atoms with Gasteiger partial charge in [0.25, 0.3) is 0 Å². The Labute approximate surface area is 164 Å². The summed E-state index contributed by atoms with van der Waals surface area (Å²) in [5.74, 6) is 0.383. The summed E-state index contributed by atoms with van der Waals surface area (Å²) in [6.45, 7) is 4.11. The van der Waals surface area contributed by atoms with Gasteiger partial charge in [-0.15, -0.1) is 0 Å². The first kappa shape index (κ1) is 18.4. The molecule has 0 unspecified atom stereocenters. The quantitative estimate of drug-likeness (QED) is 0.887. The lowest BCUT2D eigenvalue weighted by molar-refractivity contribution is -0.117. The number of piperidine rings is 1. The number of aryl methyl sites for hydroxylation is 1. The van der Waals surface area contributed by atoms with Crippen LogP contribution in [0.3, 0.4) is 0 Å². The van der Waals surface area contributed by atoms with Crippen molar-refractivity contribution < 1.29 is 9.59 Å². The van der Waals surface area contributed by atoms with Crippen molar-refractivity contribution in [2.24, 2.45) is 0 Å². The molecule has 28 heavy (non-hydrogen) atoms. The van der Waals surface area contributed by atoms with E-state index in [2.05, 4.69) is 15.3 Å². The molecular weight excluding hydrogens is 354 g/mol. The minimum atomic E-state index is -0.110. The molecule has 2 fully saturated rings. The summed E-state index contributed by atoms with van der Waals surface area (Å²) in [5.41, 5.74) is 3.62. The minimum Gasteiger partial charge on any atom is -0.324 e. The highest BCUT2D eigenvalue weighted by Crippen LogP contribution is 2.29. The summed E-state index contributed by atoms with van der Waals surface area (Å²) < 4.78 is 0. The molecule has 3 heterocycles. The normalized spacial score (nSPS) is 19.8. The smallest absolute Gasteiger partial charge is 0.321 e. The molecule has 0 spiro atoms. The van der Waals surface area contributed by atoms with Crippen LogP contribution in [0.25, 0.3) is 0 Å². The van der Waals surface area contributed by atoms with Gasteiger partial charge in [0.15, 0.2) is 0 Å². The zero-order chi connectivity index (χ0) is 19.5. The first-order valence-corrected chi connectivity index (χ1v) is 9.84. The Morgan fingerprint density at radius 1 is 1.21 bits per heavy atom. The van der Waals surface area contributed by atoms with Crippen molar-refractivity contribution in [3.63, 3.8) is 0 Å². The molecule has 146 valence electrons. The lowest BCUT2D eigenvalue weighted by Gasteiger charge is -2.32. The first-order chi connectivity index (χ1) is 13.6. The number of carbonyl (C=O) groups excluding carboxylic acids is 2. The highest BCUT2D eigenvalue weighted by molar-refractivity contribution is 5.97. The van der Waals surface area contributed by atoms with Gasteiger partial charge in [0, 0.05) is 55.2 Å². The van der Waals surface area contributed by atoms with Crippen LogP contribution in [0.2, 0.25) is 0 Å². The molecule has 0 bridgehead atoms. The number of aromatic nitrogens is 2. The Morgan fingerprint density at radius 2 is 2.11 bits per heavy atom. The molecule has 7 heteroatoms. The highest BCUT2D eigenvalue weighted by Gasteiger charge is 2.26. The zero-order valence-electron chi connectivity index (χ0n) is 16.1. The third-order valence-electron chi connectivity index (χ3n) is 5.56. The van der Waals surface area contributed by atoms with E-state index in [1.54, 1.807) is 12.5 Å². The lowest BCUT2D eigenvalue weighted by Crippen LogP contribution is -2.41. The second kappa shape index (κ2) is 7.96. The molecule has 1 aromatic heterocycles. The molecule has 1 N–H and O–H groups in total. The third kappa shape index (κ3) is 3.83. The van der Waals surface area contributed by atoms with Crippen molar-refractivity contribution in [2.45, 2.75) is 38.5 Å². The van der Waals surface area contributed by atoms with E-state index in [0.717, 1.165) is 55.0 Å². The van der Waals surface area contributed by atoms with Crippen molar-refractivity contribution >= 4 is 23.3 Å². The monoisotopic (exact) mass is 379 g/mol.